The van der Waals surface area contributed by atoms with Gasteiger partial charge in [0.05, 0.1) is 17.9 Å². The maximum Gasteiger partial charge on any atom is 0.338 e. The third-order valence-electron chi connectivity index (χ3n) is 2.86. The zero-order chi connectivity index (χ0) is 16.7. The molecule has 5 nitrogen and oxygen atoms in total. The highest BCUT2D eigenvalue weighted by molar-refractivity contribution is 5.92. The molecule has 0 saturated heterocycles. The van der Waals surface area contributed by atoms with Crippen LogP contribution < -0.4 is 10.1 Å². The van der Waals surface area contributed by atoms with Crippen molar-refractivity contribution in [2.45, 2.75) is 6.92 Å². The van der Waals surface area contributed by atoms with E-state index in [0.717, 1.165) is 0 Å². The predicted molar refractivity (Wildman–Crippen MR) is 82.9 cm³/mol. The summed E-state index contributed by atoms with van der Waals surface area (Å²) in [5, 5.41) is 2.41. The van der Waals surface area contributed by atoms with Gasteiger partial charge in [-0.2, -0.15) is 0 Å². The summed E-state index contributed by atoms with van der Waals surface area (Å²) in [5.41, 5.74) is 0.417. The Morgan fingerprint density at radius 1 is 1.13 bits per heavy atom. The SMILES string of the molecule is CCOC(=O)c1cccc(OCC(=O)Nc2ccccc2F)c1. The fraction of sp³-hybridized carbons (Fsp3) is 0.176. The van der Waals surface area contributed by atoms with E-state index in [1.165, 1.54) is 24.3 Å². The molecular formula is C17H16FNO4. The second kappa shape index (κ2) is 7.93. The predicted octanol–water partition coefficient (Wildman–Crippen LogP) is 3.02. The number of hydrogen-bond acceptors (Lipinski definition) is 4. The molecule has 0 unspecified atom stereocenters. The molecule has 2 rings (SSSR count). The van der Waals surface area contributed by atoms with Crippen LogP contribution >= 0.6 is 0 Å². The number of halogens is 1. The first kappa shape index (κ1) is 16.5. The molecule has 0 spiro atoms. The number of para-hydroxylation sites is 1. The molecule has 0 bridgehead atoms. The standard InChI is InChI=1S/C17H16FNO4/c1-2-22-17(21)12-6-5-7-13(10-12)23-11-16(20)19-15-9-4-3-8-14(15)18/h3-10H,2,11H2,1H3,(H,19,20). The summed E-state index contributed by atoms with van der Waals surface area (Å²) < 4.78 is 23.6. The molecule has 2 aromatic carbocycles. The van der Waals surface area contributed by atoms with Gasteiger partial charge in [0.15, 0.2) is 6.61 Å². The number of carbonyl (C=O) groups is 2. The fourth-order valence-electron chi connectivity index (χ4n) is 1.83. The van der Waals surface area contributed by atoms with Crippen molar-refractivity contribution in [1.29, 1.82) is 0 Å². The number of ether oxygens (including phenoxy) is 2. The van der Waals surface area contributed by atoms with Gasteiger partial charge in [0.2, 0.25) is 0 Å². The highest BCUT2D eigenvalue weighted by Gasteiger charge is 2.10. The van der Waals surface area contributed by atoms with Gasteiger partial charge in [-0.05, 0) is 37.3 Å². The largest absolute Gasteiger partial charge is 0.484 e. The summed E-state index contributed by atoms with van der Waals surface area (Å²) in [6.07, 6.45) is 0. The summed E-state index contributed by atoms with van der Waals surface area (Å²) in [7, 11) is 0. The lowest BCUT2D eigenvalue weighted by atomic mass is 10.2. The zero-order valence-electron chi connectivity index (χ0n) is 12.5. The molecule has 0 fully saturated rings. The molecular weight excluding hydrogens is 301 g/mol. The molecule has 0 radical (unpaired) electrons. The topological polar surface area (TPSA) is 64.6 Å². The third kappa shape index (κ3) is 4.81. The molecule has 1 N–H and O–H groups in total. The molecule has 23 heavy (non-hydrogen) atoms. The van der Waals surface area contributed by atoms with Crippen molar-refractivity contribution in [2.75, 3.05) is 18.5 Å². The number of rotatable bonds is 6. The number of benzene rings is 2. The normalized spacial score (nSPS) is 10.0. The van der Waals surface area contributed by atoms with Crippen molar-refractivity contribution >= 4 is 17.6 Å². The Kier molecular flexibility index (Phi) is 5.68. The van der Waals surface area contributed by atoms with E-state index in [1.807, 2.05) is 0 Å². The molecule has 0 aliphatic rings. The van der Waals surface area contributed by atoms with Crippen LogP contribution in [0.5, 0.6) is 5.75 Å². The highest BCUT2D eigenvalue weighted by Crippen LogP contribution is 2.15. The van der Waals surface area contributed by atoms with Crippen LogP contribution in [0.25, 0.3) is 0 Å². The van der Waals surface area contributed by atoms with Crippen molar-refractivity contribution in [1.82, 2.24) is 0 Å². The Morgan fingerprint density at radius 2 is 1.91 bits per heavy atom. The van der Waals surface area contributed by atoms with E-state index in [1.54, 1.807) is 31.2 Å². The van der Waals surface area contributed by atoms with Crippen LogP contribution in [0.2, 0.25) is 0 Å². The molecule has 0 saturated carbocycles. The monoisotopic (exact) mass is 317 g/mol. The van der Waals surface area contributed by atoms with E-state index in [0.29, 0.717) is 11.3 Å². The second-order valence-corrected chi connectivity index (χ2v) is 4.56. The molecule has 2 aromatic rings. The number of nitrogens with one attached hydrogen (secondary N) is 1. The van der Waals surface area contributed by atoms with E-state index >= 15 is 0 Å². The van der Waals surface area contributed by atoms with E-state index < -0.39 is 17.7 Å². The molecule has 120 valence electrons. The molecule has 1 amide bonds. The average Bonchev–Trinajstić information content (AvgIpc) is 2.56. The Morgan fingerprint density at radius 3 is 2.65 bits per heavy atom. The van der Waals surface area contributed by atoms with Crippen LogP contribution in [0, 0.1) is 5.82 Å². The van der Waals surface area contributed by atoms with Crippen LogP contribution in [0.3, 0.4) is 0 Å². The van der Waals surface area contributed by atoms with Crippen LogP contribution in [0.4, 0.5) is 10.1 Å². The minimum atomic E-state index is -0.523. The first-order valence-electron chi connectivity index (χ1n) is 7.04. The molecule has 0 aliphatic carbocycles. The highest BCUT2D eigenvalue weighted by atomic mass is 19.1. The van der Waals surface area contributed by atoms with Gasteiger partial charge in [-0.1, -0.05) is 18.2 Å². The zero-order valence-corrected chi connectivity index (χ0v) is 12.5. The molecule has 0 aliphatic heterocycles. The summed E-state index contributed by atoms with van der Waals surface area (Å²) in [5.74, 6) is -1.14. The van der Waals surface area contributed by atoms with Gasteiger partial charge in [-0.3, -0.25) is 4.79 Å². The Hall–Kier alpha value is -2.89. The van der Waals surface area contributed by atoms with Gasteiger partial charge < -0.3 is 14.8 Å². The number of anilines is 1. The van der Waals surface area contributed by atoms with Gasteiger partial charge in [0, 0.05) is 0 Å². The van der Waals surface area contributed by atoms with Gasteiger partial charge in [0.1, 0.15) is 11.6 Å². The Balaban J connectivity index is 1.93. The van der Waals surface area contributed by atoms with Crippen LogP contribution in [0.1, 0.15) is 17.3 Å². The quantitative estimate of drug-likeness (QED) is 0.832. The molecule has 6 heteroatoms. The molecule has 0 atom stereocenters. The first-order chi connectivity index (χ1) is 11.1. The average molecular weight is 317 g/mol. The van der Waals surface area contributed by atoms with E-state index in [4.69, 9.17) is 9.47 Å². The lowest BCUT2D eigenvalue weighted by Crippen LogP contribution is -2.20. The van der Waals surface area contributed by atoms with E-state index in [-0.39, 0.29) is 18.9 Å². The molecule has 0 aromatic heterocycles. The first-order valence-corrected chi connectivity index (χ1v) is 7.04. The fourth-order valence-corrected chi connectivity index (χ4v) is 1.83. The lowest BCUT2D eigenvalue weighted by Gasteiger charge is -2.09. The lowest BCUT2D eigenvalue weighted by molar-refractivity contribution is -0.118. The van der Waals surface area contributed by atoms with Gasteiger partial charge in [0.25, 0.3) is 5.91 Å². The number of hydrogen-bond donors (Lipinski definition) is 1. The maximum atomic E-state index is 13.4. The summed E-state index contributed by atoms with van der Waals surface area (Å²) in [6, 6.07) is 12.1. The van der Waals surface area contributed by atoms with E-state index in [9.17, 15) is 14.0 Å². The second-order valence-electron chi connectivity index (χ2n) is 4.56. The number of carbonyl (C=O) groups excluding carboxylic acids is 2. The van der Waals surface area contributed by atoms with Crippen molar-refractivity contribution in [2.24, 2.45) is 0 Å². The van der Waals surface area contributed by atoms with Crippen LogP contribution in [0.15, 0.2) is 48.5 Å². The molecule has 0 heterocycles. The van der Waals surface area contributed by atoms with Crippen molar-refractivity contribution in [3.05, 3.63) is 59.9 Å². The number of amides is 1. The van der Waals surface area contributed by atoms with Crippen molar-refractivity contribution in [3.63, 3.8) is 0 Å². The smallest absolute Gasteiger partial charge is 0.338 e. The van der Waals surface area contributed by atoms with Gasteiger partial charge in [-0.15, -0.1) is 0 Å². The van der Waals surface area contributed by atoms with Crippen molar-refractivity contribution < 1.29 is 23.5 Å². The van der Waals surface area contributed by atoms with Crippen LogP contribution in [-0.4, -0.2) is 25.1 Å². The van der Waals surface area contributed by atoms with Crippen LogP contribution in [-0.2, 0) is 9.53 Å². The summed E-state index contributed by atoms with van der Waals surface area (Å²) >= 11 is 0. The van der Waals surface area contributed by atoms with Gasteiger partial charge in [-0.25, -0.2) is 9.18 Å². The third-order valence-corrected chi connectivity index (χ3v) is 2.86. The van der Waals surface area contributed by atoms with Gasteiger partial charge >= 0.3 is 5.97 Å². The van der Waals surface area contributed by atoms with E-state index in [2.05, 4.69) is 5.32 Å². The Bertz CT molecular complexity index is 702. The summed E-state index contributed by atoms with van der Waals surface area (Å²) in [6.45, 7) is 1.68. The minimum Gasteiger partial charge on any atom is -0.484 e. The Labute approximate surface area is 133 Å². The summed E-state index contributed by atoms with van der Waals surface area (Å²) in [4.78, 5) is 23.4. The maximum absolute atomic E-state index is 13.4. The number of esters is 1. The van der Waals surface area contributed by atoms with Crippen molar-refractivity contribution in [3.8, 4) is 5.75 Å². The minimum absolute atomic E-state index is 0.0846.